The van der Waals surface area contributed by atoms with Gasteiger partial charge in [0.15, 0.2) is 0 Å². The van der Waals surface area contributed by atoms with Crippen LogP contribution in [0.3, 0.4) is 0 Å². The minimum absolute atomic E-state index is 0.0308. The molecule has 10 heavy (non-hydrogen) atoms. The van der Waals surface area contributed by atoms with Gasteiger partial charge >= 0.3 is 0 Å². The van der Waals surface area contributed by atoms with Crippen LogP contribution in [0.2, 0.25) is 0 Å². The molecule has 0 atom stereocenters. The molecule has 0 saturated carbocycles. The van der Waals surface area contributed by atoms with E-state index in [1.807, 2.05) is 6.92 Å². The summed E-state index contributed by atoms with van der Waals surface area (Å²) in [7, 11) is 0. The summed E-state index contributed by atoms with van der Waals surface area (Å²) in [5.74, 6) is 0. The number of aliphatic hydroxyl groups excluding tert-OH is 1. The lowest BCUT2D eigenvalue weighted by Gasteiger charge is -1.95. The molecule has 0 unspecified atom stereocenters. The lowest BCUT2D eigenvalue weighted by Crippen LogP contribution is -1.93. The molecule has 1 aromatic rings. The molecule has 0 aliphatic heterocycles. The SMILES string of the molecule is CCc1cnc(CO)cn1. The first-order chi connectivity index (χ1) is 4.86. The maximum atomic E-state index is 8.60. The van der Waals surface area contributed by atoms with Gasteiger partial charge in [-0.3, -0.25) is 9.97 Å². The van der Waals surface area contributed by atoms with E-state index in [0.717, 1.165) is 12.1 Å². The Kier molecular flexibility index (Phi) is 2.34. The van der Waals surface area contributed by atoms with Gasteiger partial charge in [0.05, 0.1) is 24.2 Å². The van der Waals surface area contributed by atoms with Gasteiger partial charge in [-0.05, 0) is 6.42 Å². The highest BCUT2D eigenvalue weighted by molar-refractivity contribution is 5.00. The van der Waals surface area contributed by atoms with Crippen molar-refractivity contribution in [2.75, 3.05) is 0 Å². The van der Waals surface area contributed by atoms with Crippen LogP contribution < -0.4 is 0 Å². The molecule has 1 heterocycles. The Morgan fingerprint density at radius 1 is 1.30 bits per heavy atom. The Balaban J connectivity index is 2.80. The lowest BCUT2D eigenvalue weighted by atomic mass is 10.3. The Morgan fingerprint density at radius 3 is 2.30 bits per heavy atom. The third-order valence-electron chi connectivity index (χ3n) is 1.28. The predicted octanol–water partition coefficient (Wildman–Crippen LogP) is 0.531. The zero-order chi connectivity index (χ0) is 7.40. The largest absolute Gasteiger partial charge is 0.390 e. The number of aryl methyl sites for hydroxylation is 1. The van der Waals surface area contributed by atoms with Gasteiger partial charge in [0.2, 0.25) is 0 Å². The second-order valence-electron chi connectivity index (χ2n) is 2.01. The first-order valence-electron chi connectivity index (χ1n) is 3.27. The van der Waals surface area contributed by atoms with Crippen molar-refractivity contribution in [2.45, 2.75) is 20.0 Å². The van der Waals surface area contributed by atoms with Crippen molar-refractivity contribution in [1.29, 1.82) is 0 Å². The number of aromatic nitrogens is 2. The Hall–Kier alpha value is -0.960. The standard InChI is InChI=1S/C7H10N2O/c1-2-6-3-9-7(5-10)4-8-6/h3-4,10H,2,5H2,1H3. The van der Waals surface area contributed by atoms with Crippen LogP contribution in [-0.4, -0.2) is 15.1 Å². The molecule has 0 bridgehead atoms. The molecule has 1 rings (SSSR count). The van der Waals surface area contributed by atoms with Crippen LogP contribution in [0.1, 0.15) is 18.3 Å². The van der Waals surface area contributed by atoms with E-state index >= 15 is 0 Å². The first-order valence-corrected chi connectivity index (χ1v) is 3.27. The minimum Gasteiger partial charge on any atom is -0.390 e. The average molecular weight is 138 g/mol. The van der Waals surface area contributed by atoms with E-state index < -0.39 is 0 Å². The highest BCUT2D eigenvalue weighted by Gasteiger charge is 1.91. The molecule has 0 aliphatic carbocycles. The van der Waals surface area contributed by atoms with Crippen LogP contribution in [0.4, 0.5) is 0 Å². The lowest BCUT2D eigenvalue weighted by molar-refractivity contribution is 0.276. The molecule has 1 N–H and O–H groups in total. The van der Waals surface area contributed by atoms with Gasteiger partial charge in [-0.2, -0.15) is 0 Å². The summed E-state index contributed by atoms with van der Waals surface area (Å²) in [4.78, 5) is 8.00. The molecule has 0 fully saturated rings. The number of aliphatic hydroxyl groups is 1. The second kappa shape index (κ2) is 3.27. The molecular weight excluding hydrogens is 128 g/mol. The van der Waals surface area contributed by atoms with Gasteiger partial charge in [0.1, 0.15) is 0 Å². The Morgan fingerprint density at radius 2 is 1.90 bits per heavy atom. The van der Waals surface area contributed by atoms with Crippen molar-refractivity contribution in [3.63, 3.8) is 0 Å². The molecular formula is C7H10N2O. The van der Waals surface area contributed by atoms with Crippen molar-refractivity contribution in [3.05, 3.63) is 23.8 Å². The number of hydrogen-bond acceptors (Lipinski definition) is 3. The van der Waals surface area contributed by atoms with E-state index in [0.29, 0.717) is 5.69 Å². The summed E-state index contributed by atoms with van der Waals surface area (Å²) in [5, 5.41) is 8.60. The van der Waals surface area contributed by atoms with Crippen molar-refractivity contribution < 1.29 is 5.11 Å². The monoisotopic (exact) mass is 138 g/mol. The average Bonchev–Trinajstić information content (AvgIpc) is 2.05. The predicted molar refractivity (Wildman–Crippen MR) is 37.3 cm³/mol. The highest BCUT2D eigenvalue weighted by atomic mass is 16.3. The maximum absolute atomic E-state index is 8.60. The molecule has 0 aromatic carbocycles. The van der Waals surface area contributed by atoms with E-state index in [2.05, 4.69) is 9.97 Å². The quantitative estimate of drug-likeness (QED) is 0.648. The fraction of sp³-hybridized carbons (Fsp3) is 0.429. The van der Waals surface area contributed by atoms with E-state index in [9.17, 15) is 0 Å². The zero-order valence-corrected chi connectivity index (χ0v) is 5.91. The Bertz CT molecular complexity index is 172. The molecule has 0 spiro atoms. The molecule has 1 aromatic heterocycles. The molecule has 0 aliphatic rings. The van der Waals surface area contributed by atoms with Gasteiger partial charge in [-0.25, -0.2) is 0 Å². The van der Waals surface area contributed by atoms with E-state index in [1.54, 1.807) is 12.4 Å². The summed E-state index contributed by atoms with van der Waals surface area (Å²) in [5.41, 5.74) is 1.58. The van der Waals surface area contributed by atoms with Crippen LogP contribution in [-0.2, 0) is 13.0 Å². The van der Waals surface area contributed by atoms with Crippen molar-refractivity contribution in [3.8, 4) is 0 Å². The zero-order valence-electron chi connectivity index (χ0n) is 5.91. The third-order valence-corrected chi connectivity index (χ3v) is 1.28. The maximum Gasteiger partial charge on any atom is 0.0868 e. The number of nitrogens with zero attached hydrogens (tertiary/aromatic N) is 2. The summed E-state index contributed by atoms with van der Waals surface area (Å²) in [6, 6.07) is 0. The van der Waals surface area contributed by atoms with Crippen molar-refractivity contribution in [1.82, 2.24) is 9.97 Å². The highest BCUT2D eigenvalue weighted by Crippen LogP contribution is 1.94. The molecule has 0 radical (unpaired) electrons. The smallest absolute Gasteiger partial charge is 0.0868 e. The molecule has 0 amide bonds. The minimum atomic E-state index is -0.0308. The normalized spacial score (nSPS) is 9.80. The van der Waals surface area contributed by atoms with E-state index in [4.69, 9.17) is 5.11 Å². The summed E-state index contributed by atoms with van der Waals surface area (Å²) >= 11 is 0. The molecule has 3 nitrogen and oxygen atoms in total. The molecule has 54 valence electrons. The molecule has 3 heteroatoms. The van der Waals surface area contributed by atoms with E-state index in [-0.39, 0.29) is 6.61 Å². The van der Waals surface area contributed by atoms with Crippen LogP contribution >= 0.6 is 0 Å². The fourth-order valence-corrected chi connectivity index (χ4v) is 0.646. The van der Waals surface area contributed by atoms with Crippen molar-refractivity contribution in [2.24, 2.45) is 0 Å². The first kappa shape index (κ1) is 7.15. The van der Waals surface area contributed by atoms with Gasteiger partial charge in [-0.1, -0.05) is 6.92 Å². The Labute approximate surface area is 59.8 Å². The molecule has 0 saturated heterocycles. The fourth-order valence-electron chi connectivity index (χ4n) is 0.646. The van der Waals surface area contributed by atoms with Crippen LogP contribution in [0.15, 0.2) is 12.4 Å². The topological polar surface area (TPSA) is 46.0 Å². The van der Waals surface area contributed by atoms with Crippen LogP contribution in [0.5, 0.6) is 0 Å². The summed E-state index contributed by atoms with van der Waals surface area (Å²) < 4.78 is 0. The van der Waals surface area contributed by atoms with Crippen molar-refractivity contribution >= 4 is 0 Å². The van der Waals surface area contributed by atoms with Gasteiger partial charge in [0.25, 0.3) is 0 Å². The van der Waals surface area contributed by atoms with E-state index in [1.165, 1.54) is 0 Å². The van der Waals surface area contributed by atoms with Gasteiger partial charge in [-0.15, -0.1) is 0 Å². The summed E-state index contributed by atoms with van der Waals surface area (Å²) in [6.45, 7) is 1.99. The van der Waals surface area contributed by atoms with Gasteiger partial charge in [0, 0.05) is 6.20 Å². The van der Waals surface area contributed by atoms with Crippen LogP contribution in [0, 0.1) is 0 Å². The number of hydrogen-bond donors (Lipinski definition) is 1. The van der Waals surface area contributed by atoms with Crippen LogP contribution in [0.25, 0.3) is 0 Å². The third kappa shape index (κ3) is 1.51. The summed E-state index contributed by atoms with van der Waals surface area (Å²) in [6.07, 6.45) is 4.17. The van der Waals surface area contributed by atoms with Gasteiger partial charge < -0.3 is 5.11 Å². The number of rotatable bonds is 2. The second-order valence-corrected chi connectivity index (χ2v) is 2.01.